The van der Waals surface area contributed by atoms with Gasteiger partial charge in [-0.2, -0.15) is 0 Å². The molecule has 0 aliphatic heterocycles. The topological polar surface area (TPSA) is 20.3 Å². The number of halogens is 1. The number of nitrogens with zero attached hydrogens (tertiary/aromatic N) is 1. The lowest BCUT2D eigenvalue weighted by molar-refractivity contribution is -0.121. The van der Waals surface area contributed by atoms with Gasteiger partial charge in [-0.25, -0.2) is 0 Å². The van der Waals surface area contributed by atoms with Gasteiger partial charge in [-0.1, -0.05) is 23.7 Å². The molecule has 0 bridgehead atoms. The Hall–Kier alpha value is -0.860. The van der Waals surface area contributed by atoms with E-state index >= 15 is 0 Å². The quantitative estimate of drug-likeness (QED) is 0.822. The fourth-order valence-electron chi connectivity index (χ4n) is 2.37. The molecule has 2 rings (SSSR count). The average Bonchev–Trinajstić information content (AvgIpc) is 2.33. The molecule has 0 aromatic heterocycles. The Bertz CT molecular complexity index is 378. The number of carbonyl (C=O) groups excluding carboxylic acids is 1. The Balaban J connectivity index is 1.90. The van der Waals surface area contributed by atoms with E-state index in [-0.39, 0.29) is 0 Å². The molecule has 1 fully saturated rings. The van der Waals surface area contributed by atoms with E-state index in [1.54, 1.807) is 0 Å². The minimum absolute atomic E-state index is 0.418. The van der Waals surface area contributed by atoms with Crippen molar-refractivity contribution in [3.8, 4) is 0 Å². The summed E-state index contributed by atoms with van der Waals surface area (Å²) in [4.78, 5) is 13.5. The Morgan fingerprint density at radius 1 is 1.24 bits per heavy atom. The lowest BCUT2D eigenvalue weighted by Crippen LogP contribution is -2.34. The molecule has 17 heavy (non-hydrogen) atoms. The van der Waals surface area contributed by atoms with E-state index in [9.17, 15) is 4.79 Å². The maximum atomic E-state index is 11.2. The van der Waals surface area contributed by atoms with Gasteiger partial charge in [0.25, 0.3) is 0 Å². The van der Waals surface area contributed by atoms with E-state index in [1.165, 1.54) is 5.56 Å². The summed E-state index contributed by atoms with van der Waals surface area (Å²) in [5.41, 5.74) is 1.27. The highest BCUT2D eigenvalue weighted by molar-refractivity contribution is 6.30. The number of ketones is 1. The van der Waals surface area contributed by atoms with E-state index in [0.717, 1.165) is 37.3 Å². The predicted octanol–water partition coefficient (Wildman–Crippen LogP) is 3.28. The van der Waals surface area contributed by atoms with Crippen molar-refractivity contribution < 1.29 is 4.79 Å². The maximum absolute atomic E-state index is 11.2. The second kappa shape index (κ2) is 5.65. The molecule has 2 nitrogen and oxygen atoms in total. The molecule has 0 radical (unpaired) electrons. The van der Waals surface area contributed by atoms with Gasteiger partial charge >= 0.3 is 0 Å². The standard InChI is InChI=1S/C14H18ClNO/c1-16(13-6-8-14(17)9-7-13)10-11-2-4-12(15)5-3-11/h2-5,13H,6-10H2,1H3. The van der Waals surface area contributed by atoms with Gasteiger partial charge in [0.15, 0.2) is 0 Å². The van der Waals surface area contributed by atoms with E-state index < -0.39 is 0 Å². The minimum atomic E-state index is 0.418. The van der Waals surface area contributed by atoms with Crippen LogP contribution in [0, 0.1) is 0 Å². The van der Waals surface area contributed by atoms with Gasteiger partial charge in [-0.05, 0) is 37.6 Å². The second-order valence-corrected chi connectivity index (χ2v) is 5.25. The zero-order valence-corrected chi connectivity index (χ0v) is 10.9. The van der Waals surface area contributed by atoms with E-state index in [0.29, 0.717) is 11.8 Å². The highest BCUT2D eigenvalue weighted by Gasteiger charge is 2.21. The van der Waals surface area contributed by atoms with Crippen LogP contribution >= 0.6 is 11.6 Å². The van der Waals surface area contributed by atoms with Crippen LogP contribution < -0.4 is 0 Å². The number of rotatable bonds is 3. The number of hydrogen-bond acceptors (Lipinski definition) is 2. The van der Waals surface area contributed by atoms with Gasteiger partial charge in [0.05, 0.1) is 0 Å². The third kappa shape index (κ3) is 3.55. The summed E-state index contributed by atoms with van der Waals surface area (Å²) in [7, 11) is 2.13. The SMILES string of the molecule is CN(Cc1ccc(Cl)cc1)C1CCC(=O)CC1. The highest BCUT2D eigenvalue weighted by Crippen LogP contribution is 2.21. The third-order valence-electron chi connectivity index (χ3n) is 3.48. The van der Waals surface area contributed by atoms with Crippen LogP contribution in [0.3, 0.4) is 0 Å². The van der Waals surface area contributed by atoms with Gasteiger partial charge in [0.2, 0.25) is 0 Å². The molecular weight excluding hydrogens is 234 g/mol. The Labute approximate surface area is 108 Å². The zero-order valence-electron chi connectivity index (χ0n) is 10.2. The monoisotopic (exact) mass is 251 g/mol. The van der Waals surface area contributed by atoms with Crippen molar-refractivity contribution in [2.24, 2.45) is 0 Å². The molecular formula is C14H18ClNO. The average molecular weight is 252 g/mol. The van der Waals surface area contributed by atoms with Crippen molar-refractivity contribution in [2.75, 3.05) is 7.05 Å². The van der Waals surface area contributed by atoms with E-state index in [4.69, 9.17) is 11.6 Å². The van der Waals surface area contributed by atoms with Crippen LogP contribution in [0.1, 0.15) is 31.2 Å². The number of benzene rings is 1. The molecule has 0 amide bonds. The molecule has 3 heteroatoms. The molecule has 0 unspecified atom stereocenters. The third-order valence-corrected chi connectivity index (χ3v) is 3.73. The van der Waals surface area contributed by atoms with Crippen molar-refractivity contribution in [3.63, 3.8) is 0 Å². The van der Waals surface area contributed by atoms with E-state index in [1.807, 2.05) is 12.1 Å². The number of hydrogen-bond donors (Lipinski definition) is 0. The molecule has 0 atom stereocenters. The van der Waals surface area contributed by atoms with Crippen LogP contribution in [0.15, 0.2) is 24.3 Å². The van der Waals surface area contributed by atoms with Gasteiger partial charge in [0, 0.05) is 30.5 Å². The summed E-state index contributed by atoms with van der Waals surface area (Å²) in [6.45, 7) is 0.927. The molecule has 1 aromatic rings. The van der Waals surface area contributed by atoms with Gasteiger partial charge < -0.3 is 0 Å². The Kier molecular flexibility index (Phi) is 4.19. The normalized spacial score (nSPS) is 17.7. The molecule has 1 aliphatic rings. The number of Topliss-reactive ketones (excluding diaryl/α,β-unsaturated/α-hetero) is 1. The molecule has 0 N–H and O–H groups in total. The lowest BCUT2D eigenvalue weighted by Gasteiger charge is -2.30. The van der Waals surface area contributed by atoms with Gasteiger partial charge in [-0.3, -0.25) is 9.69 Å². The van der Waals surface area contributed by atoms with Crippen LogP contribution in [-0.2, 0) is 11.3 Å². The minimum Gasteiger partial charge on any atom is -0.300 e. The van der Waals surface area contributed by atoms with Crippen molar-refractivity contribution in [3.05, 3.63) is 34.9 Å². The number of carbonyl (C=O) groups is 1. The highest BCUT2D eigenvalue weighted by atomic mass is 35.5. The van der Waals surface area contributed by atoms with Crippen molar-refractivity contribution >= 4 is 17.4 Å². The van der Waals surface area contributed by atoms with Crippen LogP contribution in [0.25, 0.3) is 0 Å². The Morgan fingerprint density at radius 3 is 2.41 bits per heavy atom. The first-order valence-corrected chi connectivity index (χ1v) is 6.49. The van der Waals surface area contributed by atoms with E-state index in [2.05, 4.69) is 24.1 Å². The smallest absolute Gasteiger partial charge is 0.133 e. The molecule has 0 heterocycles. The first-order chi connectivity index (χ1) is 8.15. The lowest BCUT2D eigenvalue weighted by atomic mass is 9.93. The van der Waals surface area contributed by atoms with Crippen LogP contribution in [0.4, 0.5) is 0 Å². The van der Waals surface area contributed by atoms with Gasteiger partial charge in [0.1, 0.15) is 5.78 Å². The molecule has 92 valence electrons. The van der Waals surface area contributed by atoms with Crippen LogP contribution in [-0.4, -0.2) is 23.8 Å². The first-order valence-electron chi connectivity index (χ1n) is 6.11. The summed E-state index contributed by atoms with van der Waals surface area (Å²) in [5.74, 6) is 0.418. The van der Waals surface area contributed by atoms with Crippen LogP contribution in [0.2, 0.25) is 5.02 Å². The molecule has 1 aliphatic carbocycles. The zero-order chi connectivity index (χ0) is 12.3. The predicted molar refractivity (Wildman–Crippen MR) is 70.2 cm³/mol. The second-order valence-electron chi connectivity index (χ2n) is 4.81. The first kappa shape index (κ1) is 12.6. The van der Waals surface area contributed by atoms with Gasteiger partial charge in [-0.15, -0.1) is 0 Å². The van der Waals surface area contributed by atoms with Crippen molar-refractivity contribution in [2.45, 2.75) is 38.3 Å². The largest absolute Gasteiger partial charge is 0.300 e. The van der Waals surface area contributed by atoms with Crippen molar-refractivity contribution in [1.82, 2.24) is 4.90 Å². The molecule has 1 aromatic carbocycles. The Morgan fingerprint density at radius 2 is 1.82 bits per heavy atom. The summed E-state index contributed by atoms with van der Waals surface area (Å²) in [6, 6.07) is 8.52. The summed E-state index contributed by atoms with van der Waals surface area (Å²) < 4.78 is 0. The maximum Gasteiger partial charge on any atom is 0.133 e. The molecule has 1 saturated carbocycles. The fraction of sp³-hybridized carbons (Fsp3) is 0.500. The summed E-state index contributed by atoms with van der Waals surface area (Å²) in [6.07, 6.45) is 3.50. The summed E-state index contributed by atoms with van der Waals surface area (Å²) >= 11 is 5.86. The van der Waals surface area contributed by atoms with Crippen LogP contribution in [0.5, 0.6) is 0 Å². The molecule has 0 saturated heterocycles. The molecule has 0 spiro atoms. The summed E-state index contributed by atoms with van der Waals surface area (Å²) in [5, 5.41) is 0.777. The van der Waals surface area contributed by atoms with Crippen molar-refractivity contribution in [1.29, 1.82) is 0 Å². The fourth-order valence-corrected chi connectivity index (χ4v) is 2.50.